The molecule has 0 spiro atoms. The van der Waals surface area contributed by atoms with Gasteiger partial charge in [0.05, 0.1) is 0 Å². The van der Waals surface area contributed by atoms with Crippen molar-refractivity contribution in [2.75, 3.05) is 31.6 Å². The van der Waals surface area contributed by atoms with Gasteiger partial charge in [-0.05, 0) is 32.5 Å². The average molecular weight is 207 g/mol. The Hall–Kier alpha value is -1.09. The molecule has 1 N–H and O–H groups in total. The van der Waals surface area contributed by atoms with Crippen LogP contribution in [0.1, 0.15) is 19.0 Å². The van der Waals surface area contributed by atoms with E-state index in [1.807, 2.05) is 20.0 Å². The minimum Gasteiger partial charge on any atom is -0.355 e. The fourth-order valence-corrected chi connectivity index (χ4v) is 1.56. The van der Waals surface area contributed by atoms with Crippen LogP contribution in [-0.4, -0.2) is 31.7 Å². The Morgan fingerprint density at radius 3 is 2.73 bits per heavy atom. The summed E-state index contributed by atoms with van der Waals surface area (Å²) in [6, 6.07) is 6.18. The molecule has 0 fully saturated rings. The maximum absolute atomic E-state index is 4.54. The summed E-state index contributed by atoms with van der Waals surface area (Å²) in [4.78, 5) is 6.87. The highest BCUT2D eigenvalue weighted by molar-refractivity contribution is 5.38. The van der Waals surface area contributed by atoms with Crippen LogP contribution in [0.25, 0.3) is 0 Å². The van der Waals surface area contributed by atoms with Crippen molar-refractivity contribution in [1.29, 1.82) is 0 Å². The highest BCUT2D eigenvalue weighted by atomic mass is 15.2. The quantitative estimate of drug-likeness (QED) is 0.771. The van der Waals surface area contributed by atoms with Crippen molar-refractivity contribution < 1.29 is 0 Å². The summed E-state index contributed by atoms with van der Waals surface area (Å²) in [5.74, 6) is 1.09. The number of anilines is 1. The van der Waals surface area contributed by atoms with Crippen LogP contribution in [-0.2, 0) is 0 Å². The van der Waals surface area contributed by atoms with Gasteiger partial charge in [0.25, 0.3) is 0 Å². The van der Waals surface area contributed by atoms with Crippen LogP contribution in [0.5, 0.6) is 0 Å². The lowest BCUT2D eigenvalue weighted by Crippen LogP contribution is -2.32. The van der Waals surface area contributed by atoms with E-state index in [-0.39, 0.29) is 0 Å². The van der Waals surface area contributed by atoms with E-state index >= 15 is 0 Å². The van der Waals surface area contributed by atoms with Crippen molar-refractivity contribution >= 4 is 5.82 Å². The van der Waals surface area contributed by atoms with Gasteiger partial charge >= 0.3 is 0 Å². The Balaban J connectivity index is 2.69. The number of nitrogens with zero attached hydrogens (tertiary/aromatic N) is 2. The van der Waals surface area contributed by atoms with E-state index in [9.17, 15) is 0 Å². The molecule has 0 bridgehead atoms. The first-order valence-electron chi connectivity index (χ1n) is 5.61. The maximum Gasteiger partial charge on any atom is 0.128 e. The average Bonchev–Trinajstić information content (AvgIpc) is 2.24. The Labute approximate surface area is 92.5 Å². The van der Waals surface area contributed by atoms with Gasteiger partial charge in [0.2, 0.25) is 0 Å². The summed E-state index contributed by atoms with van der Waals surface area (Å²) < 4.78 is 0. The number of hydrogen-bond donors (Lipinski definition) is 1. The molecule has 0 saturated heterocycles. The molecule has 84 valence electrons. The van der Waals surface area contributed by atoms with Crippen molar-refractivity contribution in [2.45, 2.75) is 20.3 Å². The zero-order chi connectivity index (χ0) is 11.1. The summed E-state index contributed by atoms with van der Waals surface area (Å²) >= 11 is 0. The number of aromatic nitrogens is 1. The van der Waals surface area contributed by atoms with Crippen molar-refractivity contribution in [3.63, 3.8) is 0 Å². The maximum atomic E-state index is 4.54. The Bertz CT molecular complexity index is 286. The minimum atomic E-state index is 0.996. The second kappa shape index (κ2) is 6.40. The Morgan fingerprint density at radius 1 is 1.33 bits per heavy atom. The molecule has 3 nitrogen and oxygen atoms in total. The smallest absolute Gasteiger partial charge is 0.128 e. The van der Waals surface area contributed by atoms with Crippen LogP contribution in [0.3, 0.4) is 0 Å². The fraction of sp³-hybridized carbons (Fsp3) is 0.583. The normalized spacial score (nSPS) is 10.3. The third kappa shape index (κ3) is 3.88. The molecule has 1 heterocycles. The third-order valence-electron chi connectivity index (χ3n) is 2.32. The fourth-order valence-electron chi connectivity index (χ4n) is 1.56. The summed E-state index contributed by atoms with van der Waals surface area (Å²) in [5.41, 5.74) is 1.08. The number of aryl methyl sites for hydroxylation is 1. The topological polar surface area (TPSA) is 28.2 Å². The third-order valence-corrected chi connectivity index (χ3v) is 2.32. The molecule has 0 atom stereocenters. The predicted molar refractivity (Wildman–Crippen MR) is 65.4 cm³/mol. The lowest BCUT2D eigenvalue weighted by molar-refractivity contribution is 0.701. The Morgan fingerprint density at radius 2 is 2.13 bits per heavy atom. The van der Waals surface area contributed by atoms with Crippen LogP contribution in [0.4, 0.5) is 5.82 Å². The molecule has 15 heavy (non-hydrogen) atoms. The molecule has 0 aliphatic heterocycles. The molecule has 0 amide bonds. The SMILES string of the molecule is CCCN(CCNC)c1cccc(C)n1. The number of rotatable bonds is 6. The summed E-state index contributed by atoms with van der Waals surface area (Å²) in [7, 11) is 1.98. The molecule has 3 heteroatoms. The van der Waals surface area contributed by atoms with Crippen LogP contribution in [0, 0.1) is 6.92 Å². The second-order valence-corrected chi connectivity index (χ2v) is 3.73. The van der Waals surface area contributed by atoms with Gasteiger partial charge in [0.1, 0.15) is 5.82 Å². The van der Waals surface area contributed by atoms with E-state index < -0.39 is 0 Å². The summed E-state index contributed by atoms with van der Waals surface area (Å²) in [6.45, 7) is 7.31. The molecule has 1 rings (SSSR count). The van der Waals surface area contributed by atoms with Gasteiger partial charge < -0.3 is 10.2 Å². The molecule has 1 aromatic heterocycles. The van der Waals surface area contributed by atoms with E-state index in [4.69, 9.17) is 0 Å². The standard InChI is InChI=1S/C12H21N3/c1-4-9-15(10-8-13-3)12-7-5-6-11(2)14-12/h5-7,13H,4,8-10H2,1-3H3. The number of hydrogen-bond acceptors (Lipinski definition) is 3. The molecule has 0 saturated carbocycles. The Kier molecular flexibility index (Phi) is 5.12. The molecule has 0 aliphatic carbocycles. The van der Waals surface area contributed by atoms with E-state index in [1.165, 1.54) is 0 Å². The number of pyridine rings is 1. The predicted octanol–water partition coefficient (Wildman–Crippen LogP) is 1.83. The highest BCUT2D eigenvalue weighted by Gasteiger charge is 2.05. The molecule has 0 unspecified atom stereocenters. The minimum absolute atomic E-state index is 0.996. The van der Waals surface area contributed by atoms with Crippen LogP contribution in [0.2, 0.25) is 0 Å². The van der Waals surface area contributed by atoms with Gasteiger partial charge in [-0.2, -0.15) is 0 Å². The van der Waals surface area contributed by atoms with Gasteiger partial charge in [-0.3, -0.25) is 0 Å². The molecular formula is C12H21N3. The lowest BCUT2D eigenvalue weighted by Gasteiger charge is -2.23. The van der Waals surface area contributed by atoms with Crippen LogP contribution < -0.4 is 10.2 Å². The molecule has 0 aromatic carbocycles. The summed E-state index contributed by atoms with van der Waals surface area (Å²) in [6.07, 6.45) is 1.15. The van der Waals surface area contributed by atoms with E-state index in [2.05, 4.69) is 34.3 Å². The zero-order valence-corrected chi connectivity index (χ0v) is 9.95. The van der Waals surface area contributed by atoms with Crippen LogP contribution >= 0.6 is 0 Å². The van der Waals surface area contributed by atoms with Crippen molar-refractivity contribution in [3.8, 4) is 0 Å². The first kappa shape index (κ1) is 12.0. The van der Waals surface area contributed by atoms with Crippen LogP contribution in [0.15, 0.2) is 18.2 Å². The van der Waals surface area contributed by atoms with E-state index in [0.29, 0.717) is 0 Å². The second-order valence-electron chi connectivity index (χ2n) is 3.73. The van der Waals surface area contributed by atoms with Gasteiger partial charge in [-0.1, -0.05) is 13.0 Å². The number of nitrogens with one attached hydrogen (secondary N) is 1. The molecule has 0 radical (unpaired) electrons. The largest absolute Gasteiger partial charge is 0.355 e. The first-order valence-corrected chi connectivity index (χ1v) is 5.61. The van der Waals surface area contributed by atoms with Gasteiger partial charge in [0, 0.05) is 25.3 Å². The van der Waals surface area contributed by atoms with Crippen molar-refractivity contribution in [1.82, 2.24) is 10.3 Å². The van der Waals surface area contributed by atoms with Crippen molar-refractivity contribution in [3.05, 3.63) is 23.9 Å². The summed E-state index contributed by atoms with van der Waals surface area (Å²) in [5, 5.41) is 3.17. The zero-order valence-electron chi connectivity index (χ0n) is 9.95. The van der Waals surface area contributed by atoms with Gasteiger partial charge in [0.15, 0.2) is 0 Å². The highest BCUT2D eigenvalue weighted by Crippen LogP contribution is 2.10. The number of likely N-dealkylation sites (N-methyl/N-ethyl adjacent to an activating group) is 1. The van der Waals surface area contributed by atoms with E-state index in [1.54, 1.807) is 0 Å². The molecule has 0 aliphatic rings. The molecular weight excluding hydrogens is 186 g/mol. The molecule has 1 aromatic rings. The first-order chi connectivity index (χ1) is 7.27. The van der Waals surface area contributed by atoms with Crippen molar-refractivity contribution in [2.24, 2.45) is 0 Å². The monoisotopic (exact) mass is 207 g/mol. The van der Waals surface area contributed by atoms with Gasteiger partial charge in [-0.15, -0.1) is 0 Å². The van der Waals surface area contributed by atoms with E-state index in [0.717, 1.165) is 37.6 Å². The lowest BCUT2D eigenvalue weighted by atomic mass is 10.3. The van der Waals surface area contributed by atoms with Gasteiger partial charge in [-0.25, -0.2) is 4.98 Å².